The number of aryl methyl sites for hydroxylation is 1. The monoisotopic (exact) mass is 511 g/mol. The van der Waals surface area contributed by atoms with Crippen LogP contribution in [-0.2, 0) is 16.6 Å². The molecule has 0 spiro atoms. The molecule has 1 fully saturated rings. The summed E-state index contributed by atoms with van der Waals surface area (Å²) in [6, 6.07) is 11.5. The maximum Gasteiger partial charge on any atom is 0.264 e. The van der Waals surface area contributed by atoms with E-state index in [1.807, 2.05) is 65.0 Å². The first kappa shape index (κ1) is 23.9. The Labute approximate surface area is 213 Å². The van der Waals surface area contributed by atoms with Gasteiger partial charge in [-0.15, -0.1) is 22.7 Å². The van der Waals surface area contributed by atoms with Gasteiger partial charge in [-0.2, -0.15) is 5.10 Å². The Hall–Kier alpha value is -2.79. The van der Waals surface area contributed by atoms with Crippen LogP contribution in [0.4, 0.5) is 0 Å². The van der Waals surface area contributed by atoms with Gasteiger partial charge < -0.3 is 14.2 Å². The normalized spacial score (nSPS) is 18.6. The van der Waals surface area contributed by atoms with E-state index < -0.39 is 0 Å². The first-order valence-corrected chi connectivity index (χ1v) is 13.5. The molecule has 0 bridgehead atoms. The number of rotatable bonds is 8. The molecule has 184 valence electrons. The fraction of sp³-hybridized carbons (Fsp3) is 0.400. The van der Waals surface area contributed by atoms with Gasteiger partial charge in [-0.25, -0.2) is 5.01 Å². The topological polar surface area (TPSA) is 70.4 Å². The van der Waals surface area contributed by atoms with Crippen LogP contribution in [-0.4, -0.2) is 82.8 Å². The molecule has 0 N–H and O–H groups in total. The number of ether oxygens (including phenoxy) is 1. The van der Waals surface area contributed by atoms with E-state index in [1.165, 1.54) is 11.3 Å². The third-order valence-corrected chi connectivity index (χ3v) is 8.21. The number of hydrogen-bond donors (Lipinski definition) is 0. The molecular weight excluding hydrogens is 482 g/mol. The zero-order chi connectivity index (χ0) is 24.2. The van der Waals surface area contributed by atoms with Gasteiger partial charge in [-0.1, -0.05) is 12.1 Å². The van der Waals surface area contributed by atoms with Crippen molar-refractivity contribution in [3.8, 4) is 0 Å². The van der Waals surface area contributed by atoms with Gasteiger partial charge in [0.1, 0.15) is 12.6 Å². The quantitative estimate of drug-likeness (QED) is 0.465. The lowest BCUT2D eigenvalue weighted by Gasteiger charge is -2.31. The lowest BCUT2D eigenvalue weighted by Crippen LogP contribution is -2.46. The van der Waals surface area contributed by atoms with Crippen LogP contribution in [0.5, 0.6) is 0 Å². The molecule has 0 unspecified atom stereocenters. The molecule has 0 saturated carbocycles. The maximum atomic E-state index is 13.7. The molecule has 1 atom stereocenters. The van der Waals surface area contributed by atoms with Gasteiger partial charge in [0.25, 0.3) is 11.8 Å². The van der Waals surface area contributed by atoms with Crippen molar-refractivity contribution in [3.05, 3.63) is 68.8 Å². The van der Waals surface area contributed by atoms with E-state index in [9.17, 15) is 9.59 Å². The largest absolute Gasteiger partial charge is 0.379 e. The van der Waals surface area contributed by atoms with Crippen molar-refractivity contribution >= 4 is 40.2 Å². The number of morpholine rings is 1. The molecular formula is C25H29N5O3S2. The zero-order valence-corrected chi connectivity index (χ0v) is 21.3. The Morgan fingerprint density at radius 2 is 1.91 bits per heavy atom. The lowest BCUT2D eigenvalue weighted by atomic mass is 10.1. The number of carbonyl (C=O) groups is 2. The van der Waals surface area contributed by atoms with Gasteiger partial charge >= 0.3 is 0 Å². The van der Waals surface area contributed by atoms with Crippen molar-refractivity contribution in [2.75, 3.05) is 45.9 Å². The Morgan fingerprint density at radius 1 is 1.11 bits per heavy atom. The molecule has 5 rings (SSSR count). The lowest BCUT2D eigenvalue weighted by molar-refractivity contribution is -0.133. The Morgan fingerprint density at radius 3 is 2.60 bits per heavy atom. The molecule has 0 radical (unpaired) electrons. The van der Waals surface area contributed by atoms with Crippen LogP contribution in [0.3, 0.4) is 0 Å². The number of amides is 2. The van der Waals surface area contributed by atoms with Gasteiger partial charge in [0.2, 0.25) is 0 Å². The second kappa shape index (κ2) is 10.9. The van der Waals surface area contributed by atoms with Crippen LogP contribution >= 0.6 is 22.7 Å². The average Bonchev–Trinajstić information content (AvgIpc) is 3.68. The fourth-order valence-corrected chi connectivity index (χ4v) is 5.93. The molecule has 2 amide bonds. The molecule has 0 aliphatic carbocycles. The molecule has 5 heterocycles. The van der Waals surface area contributed by atoms with Crippen molar-refractivity contribution in [2.24, 2.45) is 12.1 Å². The van der Waals surface area contributed by atoms with E-state index in [1.54, 1.807) is 21.2 Å². The van der Waals surface area contributed by atoms with Gasteiger partial charge in [-0.05, 0) is 35.0 Å². The molecule has 8 nitrogen and oxygen atoms in total. The number of nitrogens with zero attached hydrogens (tertiary/aromatic N) is 5. The zero-order valence-electron chi connectivity index (χ0n) is 19.7. The number of thiophene rings is 2. The molecule has 2 aliphatic rings. The van der Waals surface area contributed by atoms with Gasteiger partial charge in [0.05, 0.1) is 28.7 Å². The van der Waals surface area contributed by atoms with Crippen LogP contribution in [0, 0.1) is 0 Å². The second-order valence-electron chi connectivity index (χ2n) is 8.68. The SMILES string of the molecule is Cn1cccc1[C@H]1CC(c2cccs2)=NN1C(=O)CN(CCN1CCOCC1)C(=O)c1cccs1. The summed E-state index contributed by atoms with van der Waals surface area (Å²) in [6.45, 7) is 4.25. The van der Waals surface area contributed by atoms with E-state index in [0.717, 1.165) is 29.4 Å². The molecule has 3 aromatic heterocycles. The van der Waals surface area contributed by atoms with Crippen LogP contribution in [0.2, 0.25) is 0 Å². The number of carbonyl (C=O) groups excluding carboxylic acids is 2. The van der Waals surface area contributed by atoms with Crippen molar-refractivity contribution in [3.63, 3.8) is 0 Å². The van der Waals surface area contributed by atoms with E-state index >= 15 is 0 Å². The van der Waals surface area contributed by atoms with Crippen LogP contribution in [0.1, 0.15) is 32.7 Å². The van der Waals surface area contributed by atoms with Crippen molar-refractivity contribution in [1.82, 2.24) is 19.4 Å². The summed E-state index contributed by atoms with van der Waals surface area (Å²) in [4.78, 5) is 32.7. The standard InChI is InChI=1S/C25H29N5O3S2/c1-27-8-2-5-20(27)21-17-19(22-6-3-15-34-22)26-30(21)24(31)18-29(25(32)23-7-4-16-35-23)10-9-28-11-13-33-14-12-28/h2-8,15-16,21H,9-14,17-18H2,1H3/t21-/m1/s1. The Kier molecular flexibility index (Phi) is 7.43. The minimum absolute atomic E-state index is 0.0107. The smallest absolute Gasteiger partial charge is 0.264 e. The fourth-order valence-electron chi connectivity index (χ4n) is 4.51. The van der Waals surface area contributed by atoms with Crippen LogP contribution < -0.4 is 0 Å². The summed E-state index contributed by atoms with van der Waals surface area (Å²) >= 11 is 3.02. The highest BCUT2D eigenvalue weighted by molar-refractivity contribution is 7.12. The molecule has 0 aromatic carbocycles. The van der Waals surface area contributed by atoms with Crippen molar-refractivity contribution in [1.29, 1.82) is 0 Å². The van der Waals surface area contributed by atoms with Crippen molar-refractivity contribution < 1.29 is 14.3 Å². The summed E-state index contributed by atoms with van der Waals surface area (Å²) in [7, 11) is 1.98. The van der Waals surface area contributed by atoms with Crippen LogP contribution in [0.25, 0.3) is 0 Å². The van der Waals surface area contributed by atoms with Gasteiger partial charge in [-0.3, -0.25) is 14.5 Å². The Balaban J connectivity index is 1.37. The highest BCUT2D eigenvalue weighted by Gasteiger charge is 2.36. The average molecular weight is 512 g/mol. The van der Waals surface area contributed by atoms with E-state index in [-0.39, 0.29) is 24.4 Å². The highest BCUT2D eigenvalue weighted by atomic mass is 32.1. The first-order chi connectivity index (χ1) is 17.1. The molecule has 10 heteroatoms. The molecule has 1 saturated heterocycles. The predicted molar refractivity (Wildman–Crippen MR) is 138 cm³/mol. The minimum atomic E-state index is -0.197. The Bertz CT molecular complexity index is 1170. The van der Waals surface area contributed by atoms with E-state index in [4.69, 9.17) is 9.84 Å². The molecule has 2 aliphatic heterocycles. The van der Waals surface area contributed by atoms with Gasteiger partial charge in [0.15, 0.2) is 0 Å². The number of aromatic nitrogens is 1. The third-order valence-electron chi connectivity index (χ3n) is 6.43. The molecule has 35 heavy (non-hydrogen) atoms. The summed E-state index contributed by atoms with van der Waals surface area (Å²) < 4.78 is 7.48. The van der Waals surface area contributed by atoms with E-state index in [2.05, 4.69) is 4.90 Å². The molecule has 3 aromatic rings. The summed E-state index contributed by atoms with van der Waals surface area (Å²) in [5.41, 5.74) is 1.93. The van der Waals surface area contributed by atoms with Crippen LogP contribution in [0.15, 0.2) is 58.5 Å². The second-order valence-corrected chi connectivity index (χ2v) is 10.6. The predicted octanol–water partition coefficient (Wildman–Crippen LogP) is 3.30. The highest BCUT2D eigenvalue weighted by Crippen LogP contribution is 2.34. The summed E-state index contributed by atoms with van der Waals surface area (Å²) in [5, 5.41) is 10.3. The first-order valence-electron chi connectivity index (χ1n) is 11.8. The van der Waals surface area contributed by atoms with Gasteiger partial charge in [0, 0.05) is 51.5 Å². The maximum absolute atomic E-state index is 13.7. The van der Waals surface area contributed by atoms with Crippen molar-refractivity contribution in [2.45, 2.75) is 12.5 Å². The number of hydrogen-bond acceptors (Lipinski definition) is 7. The van der Waals surface area contributed by atoms with E-state index in [0.29, 0.717) is 37.6 Å². The number of hydrazone groups is 1. The third kappa shape index (κ3) is 5.40. The minimum Gasteiger partial charge on any atom is -0.379 e. The summed E-state index contributed by atoms with van der Waals surface area (Å²) in [5.74, 6) is -0.284. The summed E-state index contributed by atoms with van der Waals surface area (Å²) in [6.07, 6.45) is 2.63.